The molecular weight excluding hydrogens is 260 g/mol. The Morgan fingerprint density at radius 3 is 2.63 bits per heavy atom. The molecule has 0 atom stereocenters. The van der Waals surface area contributed by atoms with Crippen molar-refractivity contribution in [3.05, 3.63) is 17.8 Å². The van der Waals surface area contributed by atoms with E-state index < -0.39 is 0 Å². The van der Waals surface area contributed by atoms with Gasteiger partial charge in [-0.15, -0.1) is 10.2 Å². The lowest BCUT2D eigenvalue weighted by Gasteiger charge is -2.05. The van der Waals surface area contributed by atoms with Gasteiger partial charge in [0.2, 0.25) is 0 Å². The van der Waals surface area contributed by atoms with E-state index in [0.717, 1.165) is 18.8 Å². The van der Waals surface area contributed by atoms with E-state index in [9.17, 15) is 4.79 Å². The lowest BCUT2D eigenvalue weighted by atomic mass is 10.2. The van der Waals surface area contributed by atoms with Gasteiger partial charge in [0.15, 0.2) is 5.69 Å². The van der Waals surface area contributed by atoms with Crippen LogP contribution in [0.2, 0.25) is 0 Å². The first kappa shape index (κ1) is 15.8. The molecule has 0 unspecified atom stereocenters. The first-order valence-electron chi connectivity index (χ1n) is 6.56. The van der Waals surface area contributed by atoms with Crippen molar-refractivity contribution in [1.82, 2.24) is 15.5 Å². The van der Waals surface area contributed by atoms with E-state index in [1.54, 1.807) is 19.2 Å². The average Bonchev–Trinajstić information content (AvgIpc) is 2.46. The number of amides is 1. The summed E-state index contributed by atoms with van der Waals surface area (Å²) < 4.78 is 0. The normalized spacial score (nSPS) is 10.2. The monoisotopic (exact) mass is 282 g/mol. The molecule has 1 rings (SSSR count). The Morgan fingerprint density at radius 2 is 2.00 bits per heavy atom. The maximum atomic E-state index is 11.3. The molecule has 0 bridgehead atoms. The third-order valence-corrected chi connectivity index (χ3v) is 3.40. The SMILES string of the molecule is CNC(=O)c1ccc(NCCCCCCSC)nn1. The van der Waals surface area contributed by atoms with Gasteiger partial charge in [0.05, 0.1) is 0 Å². The molecule has 1 heterocycles. The molecule has 0 aromatic carbocycles. The van der Waals surface area contributed by atoms with E-state index >= 15 is 0 Å². The van der Waals surface area contributed by atoms with Crippen LogP contribution in [-0.4, -0.2) is 41.7 Å². The van der Waals surface area contributed by atoms with Crippen molar-refractivity contribution in [1.29, 1.82) is 0 Å². The van der Waals surface area contributed by atoms with Crippen LogP contribution < -0.4 is 10.6 Å². The minimum atomic E-state index is -0.215. The molecule has 0 spiro atoms. The van der Waals surface area contributed by atoms with Gasteiger partial charge in [-0.05, 0) is 37.0 Å². The van der Waals surface area contributed by atoms with E-state index in [-0.39, 0.29) is 5.91 Å². The second-order valence-corrected chi connectivity index (χ2v) is 5.20. The van der Waals surface area contributed by atoms with Gasteiger partial charge in [-0.25, -0.2) is 0 Å². The van der Waals surface area contributed by atoms with Crippen LogP contribution in [0.5, 0.6) is 0 Å². The highest BCUT2D eigenvalue weighted by Crippen LogP contribution is 2.06. The number of hydrogen-bond acceptors (Lipinski definition) is 5. The van der Waals surface area contributed by atoms with Crippen molar-refractivity contribution in [3.8, 4) is 0 Å². The molecular formula is C13H22N4OS. The van der Waals surface area contributed by atoms with E-state index in [4.69, 9.17) is 0 Å². The van der Waals surface area contributed by atoms with Crippen molar-refractivity contribution in [2.75, 3.05) is 30.9 Å². The number of carbonyl (C=O) groups is 1. The Kier molecular flexibility index (Phi) is 7.97. The summed E-state index contributed by atoms with van der Waals surface area (Å²) in [7, 11) is 1.58. The zero-order chi connectivity index (χ0) is 13.9. The number of rotatable bonds is 9. The first-order chi connectivity index (χ1) is 9.27. The Morgan fingerprint density at radius 1 is 1.21 bits per heavy atom. The largest absolute Gasteiger partial charge is 0.369 e. The van der Waals surface area contributed by atoms with E-state index in [2.05, 4.69) is 27.1 Å². The molecule has 0 saturated carbocycles. The molecule has 1 aromatic rings. The smallest absolute Gasteiger partial charge is 0.271 e. The maximum Gasteiger partial charge on any atom is 0.271 e. The summed E-state index contributed by atoms with van der Waals surface area (Å²) >= 11 is 1.90. The summed E-state index contributed by atoms with van der Waals surface area (Å²) in [5.41, 5.74) is 0.338. The van der Waals surface area contributed by atoms with E-state index in [1.165, 1.54) is 25.0 Å². The van der Waals surface area contributed by atoms with Crippen LogP contribution >= 0.6 is 11.8 Å². The van der Waals surface area contributed by atoms with Crippen LogP contribution in [0.15, 0.2) is 12.1 Å². The molecule has 5 nitrogen and oxygen atoms in total. The van der Waals surface area contributed by atoms with Crippen LogP contribution in [0.25, 0.3) is 0 Å². The number of aromatic nitrogens is 2. The molecule has 0 saturated heterocycles. The fraction of sp³-hybridized carbons (Fsp3) is 0.615. The number of hydrogen-bond donors (Lipinski definition) is 2. The van der Waals surface area contributed by atoms with Gasteiger partial charge in [-0.1, -0.05) is 12.8 Å². The lowest BCUT2D eigenvalue weighted by Crippen LogP contribution is -2.19. The molecule has 1 amide bonds. The first-order valence-corrected chi connectivity index (χ1v) is 7.96. The summed E-state index contributed by atoms with van der Waals surface area (Å²) in [5.74, 6) is 1.75. The standard InChI is InChI=1S/C13H22N4OS/c1-14-13(18)11-7-8-12(17-16-11)15-9-5-3-4-6-10-19-2/h7-8H,3-6,9-10H2,1-2H3,(H,14,18)(H,15,17). The highest BCUT2D eigenvalue weighted by Gasteiger charge is 2.04. The van der Waals surface area contributed by atoms with Gasteiger partial charge in [-0.2, -0.15) is 11.8 Å². The fourth-order valence-electron chi connectivity index (χ4n) is 1.62. The third-order valence-electron chi connectivity index (χ3n) is 2.71. The van der Waals surface area contributed by atoms with Crippen LogP contribution in [0.1, 0.15) is 36.2 Å². The quantitative estimate of drug-likeness (QED) is 0.680. The molecule has 0 aliphatic carbocycles. The summed E-state index contributed by atoms with van der Waals surface area (Å²) in [6, 6.07) is 3.46. The van der Waals surface area contributed by atoms with Crippen LogP contribution in [0.3, 0.4) is 0 Å². The van der Waals surface area contributed by atoms with Crippen molar-refractivity contribution in [2.45, 2.75) is 25.7 Å². The maximum absolute atomic E-state index is 11.3. The number of carbonyl (C=O) groups excluding carboxylic acids is 1. The van der Waals surface area contributed by atoms with Crippen molar-refractivity contribution >= 4 is 23.5 Å². The number of unbranched alkanes of at least 4 members (excludes halogenated alkanes) is 3. The fourth-order valence-corrected chi connectivity index (χ4v) is 2.11. The van der Waals surface area contributed by atoms with Gasteiger partial charge < -0.3 is 10.6 Å². The molecule has 0 fully saturated rings. The van der Waals surface area contributed by atoms with E-state index in [1.807, 2.05) is 11.8 Å². The van der Waals surface area contributed by atoms with Gasteiger partial charge in [0, 0.05) is 13.6 Å². The molecule has 0 aliphatic rings. The van der Waals surface area contributed by atoms with Gasteiger partial charge in [-0.3, -0.25) is 4.79 Å². The van der Waals surface area contributed by atoms with Crippen molar-refractivity contribution < 1.29 is 4.79 Å². The highest BCUT2D eigenvalue weighted by molar-refractivity contribution is 7.98. The minimum absolute atomic E-state index is 0.215. The van der Waals surface area contributed by atoms with Crippen LogP contribution in [-0.2, 0) is 0 Å². The number of thioether (sulfide) groups is 1. The molecule has 0 aliphatic heterocycles. The topological polar surface area (TPSA) is 66.9 Å². The molecule has 0 radical (unpaired) electrons. The van der Waals surface area contributed by atoms with Gasteiger partial charge in [0.25, 0.3) is 5.91 Å². The Labute approximate surface area is 119 Å². The number of anilines is 1. The Balaban J connectivity index is 2.18. The number of nitrogens with one attached hydrogen (secondary N) is 2. The predicted octanol–water partition coefficient (Wildman–Crippen LogP) is 2.17. The van der Waals surface area contributed by atoms with Crippen molar-refractivity contribution in [3.63, 3.8) is 0 Å². The van der Waals surface area contributed by atoms with Gasteiger partial charge >= 0.3 is 0 Å². The Bertz CT molecular complexity index is 369. The zero-order valence-electron chi connectivity index (χ0n) is 11.6. The van der Waals surface area contributed by atoms with E-state index in [0.29, 0.717) is 5.69 Å². The molecule has 1 aromatic heterocycles. The molecule has 6 heteroatoms. The summed E-state index contributed by atoms with van der Waals surface area (Å²) in [5, 5.41) is 13.6. The summed E-state index contributed by atoms with van der Waals surface area (Å²) in [6.45, 7) is 0.896. The van der Waals surface area contributed by atoms with Gasteiger partial charge in [0.1, 0.15) is 5.82 Å². The van der Waals surface area contributed by atoms with Crippen LogP contribution in [0, 0.1) is 0 Å². The number of nitrogens with zero attached hydrogens (tertiary/aromatic N) is 2. The lowest BCUT2D eigenvalue weighted by molar-refractivity contribution is 0.0957. The van der Waals surface area contributed by atoms with Crippen molar-refractivity contribution in [2.24, 2.45) is 0 Å². The zero-order valence-corrected chi connectivity index (χ0v) is 12.4. The minimum Gasteiger partial charge on any atom is -0.369 e. The predicted molar refractivity (Wildman–Crippen MR) is 80.8 cm³/mol. The molecule has 19 heavy (non-hydrogen) atoms. The Hall–Kier alpha value is -1.30. The molecule has 2 N–H and O–H groups in total. The third kappa shape index (κ3) is 6.42. The molecule has 106 valence electrons. The summed E-state index contributed by atoms with van der Waals surface area (Å²) in [4.78, 5) is 11.3. The van der Waals surface area contributed by atoms with Crippen LogP contribution in [0.4, 0.5) is 5.82 Å². The average molecular weight is 282 g/mol. The second-order valence-electron chi connectivity index (χ2n) is 4.22. The summed E-state index contributed by atoms with van der Waals surface area (Å²) in [6.07, 6.45) is 7.08. The highest BCUT2D eigenvalue weighted by atomic mass is 32.2. The second kappa shape index (κ2) is 9.61.